The van der Waals surface area contributed by atoms with Crippen molar-refractivity contribution in [3.63, 3.8) is 0 Å². The molecule has 0 aliphatic carbocycles. The van der Waals surface area contributed by atoms with Crippen molar-refractivity contribution >= 4 is 34.1 Å². The van der Waals surface area contributed by atoms with Crippen molar-refractivity contribution in [2.24, 2.45) is 0 Å². The van der Waals surface area contributed by atoms with Gasteiger partial charge < -0.3 is 8.37 Å². The lowest BCUT2D eigenvalue weighted by molar-refractivity contribution is 0.0751. The Kier molecular flexibility index (Phi) is 7.01. The molecule has 0 radical (unpaired) electrons. The van der Waals surface area contributed by atoms with E-state index in [2.05, 4.69) is 13.8 Å². The van der Waals surface area contributed by atoms with Crippen LogP contribution in [0.3, 0.4) is 0 Å². The van der Waals surface area contributed by atoms with E-state index >= 15 is 0 Å². The van der Waals surface area contributed by atoms with Crippen LogP contribution in [-0.2, 0) is 13.8 Å². The molecule has 148 valence electrons. The first-order valence-corrected chi connectivity index (χ1v) is 11.0. The molecule has 0 amide bonds. The van der Waals surface area contributed by atoms with Gasteiger partial charge in [0.25, 0.3) is 0 Å². The van der Waals surface area contributed by atoms with E-state index in [1.54, 1.807) is 36.4 Å². The van der Waals surface area contributed by atoms with Gasteiger partial charge in [-0.1, -0.05) is 80.6 Å². The van der Waals surface area contributed by atoms with E-state index in [0.717, 1.165) is 22.2 Å². The summed E-state index contributed by atoms with van der Waals surface area (Å²) in [5.74, 6) is -0.984. The van der Waals surface area contributed by atoms with Crippen LogP contribution in [0.2, 0.25) is 0 Å². The molecule has 4 nitrogen and oxygen atoms in total. The van der Waals surface area contributed by atoms with Crippen molar-refractivity contribution in [2.75, 3.05) is 0 Å². The molecule has 0 N–H and O–H groups in total. The van der Waals surface area contributed by atoms with Gasteiger partial charge in [0.15, 0.2) is 22.1 Å². The van der Waals surface area contributed by atoms with E-state index < -0.39 is 11.9 Å². The molecule has 0 saturated heterocycles. The lowest BCUT2D eigenvalue weighted by Crippen LogP contribution is -2.22. The Morgan fingerprint density at radius 2 is 1.21 bits per heavy atom. The van der Waals surface area contributed by atoms with Crippen molar-refractivity contribution < 1.29 is 18.0 Å². The van der Waals surface area contributed by atoms with E-state index in [4.69, 9.17) is 8.37 Å². The van der Waals surface area contributed by atoms with Gasteiger partial charge in [-0.15, -0.1) is 0 Å². The van der Waals surface area contributed by atoms with Crippen LogP contribution >= 0.6 is 22.1 Å². The summed E-state index contributed by atoms with van der Waals surface area (Å²) in [4.78, 5) is 24.6. The third kappa shape index (κ3) is 5.22. The van der Waals surface area contributed by atoms with Gasteiger partial charge in [-0.05, 0) is 29.3 Å². The highest BCUT2D eigenvalue weighted by atomic mass is 33.1. The molecular formula is C23H20O4S2. The Morgan fingerprint density at radius 1 is 0.690 bits per heavy atom. The van der Waals surface area contributed by atoms with Crippen LogP contribution in [0.15, 0.2) is 84.9 Å². The minimum Gasteiger partial charge on any atom is -0.372 e. The second-order valence-electron chi connectivity index (χ2n) is 6.78. The van der Waals surface area contributed by atoms with Crippen LogP contribution in [-0.4, -0.2) is 11.9 Å². The Balaban J connectivity index is 1.64. The van der Waals surface area contributed by atoms with Crippen molar-refractivity contribution in [2.45, 2.75) is 19.3 Å². The lowest BCUT2D eigenvalue weighted by atomic mass is 9.76. The summed E-state index contributed by atoms with van der Waals surface area (Å²) in [5, 5.41) is 0. The number of rotatable bonds is 7. The Bertz CT molecular complexity index is 972. The SMILES string of the molecule is CC(C)(c1ccccc1)c1ccccc1C(=O)OSSOC(=O)c1ccccc1. The Hall–Kier alpha value is -2.70. The highest BCUT2D eigenvalue weighted by molar-refractivity contribution is 8.73. The summed E-state index contributed by atoms with van der Waals surface area (Å²) < 4.78 is 10.3. The van der Waals surface area contributed by atoms with Crippen LogP contribution in [0.25, 0.3) is 0 Å². The maximum absolute atomic E-state index is 12.7. The first-order valence-electron chi connectivity index (χ1n) is 8.97. The summed E-state index contributed by atoms with van der Waals surface area (Å²) in [5.41, 5.74) is 2.49. The van der Waals surface area contributed by atoms with Gasteiger partial charge in [-0.3, -0.25) is 0 Å². The summed E-state index contributed by atoms with van der Waals surface area (Å²) in [6.45, 7) is 4.13. The molecule has 0 unspecified atom stereocenters. The summed E-state index contributed by atoms with van der Waals surface area (Å²) in [7, 11) is 0. The molecule has 0 aromatic heterocycles. The zero-order chi connectivity index (χ0) is 20.7. The lowest BCUT2D eigenvalue weighted by Gasteiger charge is -2.27. The predicted octanol–water partition coefficient (Wildman–Crippen LogP) is 6.24. The molecule has 0 spiro atoms. The molecule has 6 heteroatoms. The van der Waals surface area contributed by atoms with E-state index in [1.807, 2.05) is 48.5 Å². The second kappa shape index (κ2) is 9.67. The second-order valence-corrected chi connectivity index (χ2v) is 8.20. The third-order valence-electron chi connectivity index (χ3n) is 4.57. The van der Waals surface area contributed by atoms with Crippen molar-refractivity contribution in [3.05, 3.63) is 107 Å². The van der Waals surface area contributed by atoms with Crippen LogP contribution in [0.1, 0.15) is 45.7 Å². The van der Waals surface area contributed by atoms with Crippen LogP contribution in [0, 0.1) is 0 Å². The predicted molar refractivity (Wildman–Crippen MR) is 117 cm³/mol. The molecule has 0 heterocycles. The first-order chi connectivity index (χ1) is 14.0. The van der Waals surface area contributed by atoms with Gasteiger partial charge in [-0.2, -0.15) is 0 Å². The Morgan fingerprint density at radius 3 is 1.86 bits per heavy atom. The molecule has 3 rings (SSSR count). The van der Waals surface area contributed by atoms with Gasteiger partial charge in [0.2, 0.25) is 0 Å². The Labute approximate surface area is 178 Å². The van der Waals surface area contributed by atoms with E-state index in [9.17, 15) is 9.59 Å². The van der Waals surface area contributed by atoms with Gasteiger partial charge >= 0.3 is 11.9 Å². The minimum atomic E-state index is -0.496. The minimum absolute atomic E-state index is 0.380. The molecular weight excluding hydrogens is 404 g/mol. The molecule has 0 aliphatic heterocycles. The first kappa shape index (κ1) is 21.0. The molecule has 0 atom stereocenters. The maximum atomic E-state index is 12.7. The number of carbonyl (C=O) groups excluding carboxylic acids is 2. The highest BCUT2D eigenvalue weighted by Gasteiger charge is 2.28. The fourth-order valence-electron chi connectivity index (χ4n) is 2.97. The number of hydrogen-bond donors (Lipinski definition) is 0. The quantitative estimate of drug-likeness (QED) is 0.254. The fraction of sp³-hybridized carbons (Fsp3) is 0.130. The largest absolute Gasteiger partial charge is 0.372 e. The average Bonchev–Trinajstić information content (AvgIpc) is 2.77. The van der Waals surface area contributed by atoms with Gasteiger partial charge in [0, 0.05) is 5.41 Å². The van der Waals surface area contributed by atoms with E-state index in [-0.39, 0.29) is 5.41 Å². The summed E-state index contributed by atoms with van der Waals surface area (Å²) in [6.07, 6.45) is 0. The molecule has 0 aliphatic rings. The van der Waals surface area contributed by atoms with E-state index in [1.165, 1.54) is 0 Å². The molecule has 0 fully saturated rings. The highest BCUT2D eigenvalue weighted by Crippen LogP contribution is 2.35. The molecule has 0 bridgehead atoms. The number of benzene rings is 3. The standard InChI is InChI=1S/C23H20O4S2/c1-23(2,18-13-7-4-8-14-18)20-16-10-9-15-19(20)22(25)27-29-28-26-21(24)17-11-5-3-6-12-17/h3-16H,1-2H3. The molecule has 29 heavy (non-hydrogen) atoms. The van der Waals surface area contributed by atoms with Crippen LogP contribution in [0.4, 0.5) is 0 Å². The van der Waals surface area contributed by atoms with Crippen molar-refractivity contribution in [1.29, 1.82) is 0 Å². The summed E-state index contributed by atoms with van der Waals surface area (Å²) >= 11 is 1.43. The van der Waals surface area contributed by atoms with Crippen molar-refractivity contribution in [3.8, 4) is 0 Å². The van der Waals surface area contributed by atoms with E-state index in [0.29, 0.717) is 22.2 Å². The molecule has 0 saturated carbocycles. The maximum Gasteiger partial charge on any atom is 0.351 e. The van der Waals surface area contributed by atoms with Crippen LogP contribution in [0.5, 0.6) is 0 Å². The molecule has 3 aromatic carbocycles. The monoisotopic (exact) mass is 424 g/mol. The van der Waals surface area contributed by atoms with Gasteiger partial charge in [-0.25, -0.2) is 9.59 Å². The van der Waals surface area contributed by atoms with Crippen molar-refractivity contribution in [1.82, 2.24) is 0 Å². The zero-order valence-corrected chi connectivity index (χ0v) is 17.7. The zero-order valence-electron chi connectivity index (χ0n) is 16.0. The smallest absolute Gasteiger partial charge is 0.351 e. The van der Waals surface area contributed by atoms with Gasteiger partial charge in [0.05, 0.1) is 11.1 Å². The fourth-order valence-corrected chi connectivity index (χ4v) is 3.88. The summed E-state index contributed by atoms with van der Waals surface area (Å²) in [6, 6.07) is 26.0. The number of carbonyl (C=O) groups is 2. The third-order valence-corrected chi connectivity index (χ3v) is 5.64. The van der Waals surface area contributed by atoms with Crippen LogP contribution < -0.4 is 0 Å². The topological polar surface area (TPSA) is 52.6 Å². The van der Waals surface area contributed by atoms with Gasteiger partial charge in [0.1, 0.15) is 0 Å². The molecule has 3 aromatic rings. The average molecular weight is 425 g/mol. The normalized spacial score (nSPS) is 11.0. The number of hydrogen-bond acceptors (Lipinski definition) is 6.